The first-order valence-electron chi connectivity index (χ1n) is 12.2. The van der Waals surface area contributed by atoms with Gasteiger partial charge in [0.2, 0.25) is 5.91 Å². The summed E-state index contributed by atoms with van der Waals surface area (Å²) in [6.45, 7) is 4.81. The van der Waals surface area contributed by atoms with E-state index in [1.54, 1.807) is 18.4 Å². The monoisotopic (exact) mass is 489 g/mol. The van der Waals surface area contributed by atoms with Crippen LogP contribution in [0.2, 0.25) is 0 Å². The number of amides is 2. The fraction of sp³-hybridized carbons (Fsp3) is 0.357. The summed E-state index contributed by atoms with van der Waals surface area (Å²) in [5.74, 6) is 0.0392. The molecule has 3 atom stereocenters. The third-order valence-corrected chi connectivity index (χ3v) is 8.15. The van der Waals surface area contributed by atoms with E-state index in [0.717, 1.165) is 36.4 Å². The minimum atomic E-state index is -0.523. The van der Waals surface area contributed by atoms with Crippen LogP contribution in [0.25, 0.3) is 0 Å². The van der Waals surface area contributed by atoms with Crippen molar-refractivity contribution in [1.29, 1.82) is 0 Å². The number of carbonyl (C=O) groups is 2. The van der Waals surface area contributed by atoms with Crippen molar-refractivity contribution < 1.29 is 14.3 Å². The van der Waals surface area contributed by atoms with Crippen LogP contribution in [0.3, 0.4) is 0 Å². The zero-order chi connectivity index (χ0) is 24.4. The Kier molecular flexibility index (Phi) is 6.88. The van der Waals surface area contributed by atoms with E-state index >= 15 is 0 Å². The van der Waals surface area contributed by atoms with Gasteiger partial charge in [-0.05, 0) is 61.1 Å². The van der Waals surface area contributed by atoms with Gasteiger partial charge in [-0.2, -0.15) is 0 Å². The molecule has 0 spiro atoms. The molecule has 1 aromatic heterocycles. The largest absolute Gasteiger partial charge is 0.497 e. The van der Waals surface area contributed by atoms with Crippen LogP contribution in [-0.4, -0.2) is 54.4 Å². The Labute approximate surface area is 210 Å². The van der Waals surface area contributed by atoms with E-state index in [4.69, 9.17) is 4.74 Å². The van der Waals surface area contributed by atoms with Crippen LogP contribution < -0.4 is 10.1 Å². The molecule has 0 aliphatic carbocycles. The number of thiophene rings is 1. The smallest absolute Gasteiger partial charge is 0.254 e. The van der Waals surface area contributed by atoms with Crippen LogP contribution >= 0.6 is 11.3 Å². The van der Waals surface area contributed by atoms with Crippen LogP contribution in [0.4, 0.5) is 5.69 Å². The number of methoxy groups -OCH3 is 1. The van der Waals surface area contributed by atoms with E-state index in [-0.39, 0.29) is 17.9 Å². The lowest BCUT2D eigenvalue weighted by atomic mass is 9.81. The zero-order valence-electron chi connectivity index (χ0n) is 20.1. The molecule has 0 saturated carbocycles. The number of nitrogens with zero attached hydrogens (tertiary/aromatic N) is 2. The topological polar surface area (TPSA) is 61.9 Å². The third kappa shape index (κ3) is 4.58. The van der Waals surface area contributed by atoms with Gasteiger partial charge in [0, 0.05) is 34.8 Å². The highest BCUT2D eigenvalue weighted by molar-refractivity contribution is 7.10. The van der Waals surface area contributed by atoms with Crippen molar-refractivity contribution >= 4 is 28.8 Å². The highest BCUT2D eigenvalue weighted by Crippen LogP contribution is 2.45. The summed E-state index contributed by atoms with van der Waals surface area (Å²) in [7, 11) is 1.61. The maximum Gasteiger partial charge on any atom is 0.254 e. The summed E-state index contributed by atoms with van der Waals surface area (Å²) in [5, 5.41) is 5.12. The molecule has 182 valence electrons. The van der Waals surface area contributed by atoms with E-state index < -0.39 is 5.92 Å². The van der Waals surface area contributed by atoms with Gasteiger partial charge in [-0.25, -0.2) is 0 Å². The molecule has 2 aliphatic heterocycles. The standard InChI is InChI=1S/C28H31N3O3S/c1-3-30-15-7-10-20(30)18-31-26(24-14-8-16-35-24)25(22-12-4-5-13-23(22)28(31)33)27(32)29-19-9-6-11-21(17-19)34-2/h4-6,8-9,11-14,16-17,20,25-26H,3,7,10,15,18H2,1-2H3,(H,29,32). The highest BCUT2D eigenvalue weighted by Gasteiger charge is 2.45. The normalized spacial score (nSPS) is 22.2. The van der Waals surface area contributed by atoms with Crippen molar-refractivity contribution in [1.82, 2.24) is 9.80 Å². The fourth-order valence-corrected chi connectivity index (χ4v) is 6.39. The molecular formula is C28H31N3O3S. The second-order valence-corrected chi connectivity index (χ2v) is 10.1. The number of rotatable bonds is 7. The van der Waals surface area contributed by atoms with Gasteiger partial charge in [0.15, 0.2) is 0 Å². The molecule has 2 amide bonds. The SMILES string of the molecule is CCN1CCCC1CN1C(=O)c2ccccc2C(C(=O)Nc2cccc(OC)c2)C1c1cccs1. The molecule has 1 N–H and O–H groups in total. The number of nitrogens with one attached hydrogen (secondary N) is 1. The summed E-state index contributed by atoms with van der Waals surface area (Å²) < 4.78 is 5.34. The van der Waals surface area contributed by atoms with Gasteiger partial charge >= 0.3 is 0 Å². The maximum atomic E-state index is 13.9. The second kappa shape index (κ2) is 10.2. The minimum absolute atomic E-state index is 0.00684. The Hall–Kier alpha value is -3.16. The molecule has 3 aromatic rings. The van der Waals surface area contributed by atoms with E-state index in [1.165, 1.54) is 0 Å². The average Bonchev–Trinajstić information content (AvgIpc) is 3.57. The number of ether oxygens (including phenoxy) is 1. The first-order valence-corrected chi connectivity index (χ1v) is 13.1. The molecule has 2 aromatic carbocycles. The van der Waals surface area contributed by atoms with Crippen LogP contribution in [0.15, 0.2) is 66.0 Å². The highest BCUT2D eigenvalue weighted by atomic mass is 32.1. The predicted molar refractivity (Wildman–Crippen MR) is 139 cm³/mol. The lowest BCUT2D eigenvalue weighted by molar-refractivity contribution is -0.119. The molecule has 1 saturated heterocycles. The molecule has 3 heterocycles. The molecule has 3 unspecified atom stereocenters. The molecule has 7 heteroatoms. The van der Waals surface area contributed by atoms with E-state index in [2.05, 4.69) is 17.1 Å². The quantitative estimate of drug-likeness (QED) is 0.498. The summed E-state index contributed by atoms with van der Waals surface area (Å²) in [6.07, 6.45) is 2.21. The van der Waals surface area contributed by atoms with Crippen molar-refractivity contribution in [2.24, 2.45) is 0 Å². The third-order valence-electron chi connectivity index (χ3n) is 7.21. The van der Waals surface area contributed by atoms with E-state index in [0.29, 0.717) is 29.6 Å². The van der Waals surface area contributed by atoms with Crippen LogP contribution in [0, 0.1) is 0 Å². The molecule has 6 nitrogen and oxygen atoms in total. The Morgan fingerprint density at radius 2 is 2.00 bits per heavy atom. The molecule has 5 rings (SSSR count). The lowest BCUT2D eigenvalue weighted by Gasteiger charge is -2.43. The Balaban J connectivity index is 1.56. The van der Waals surface area contributed by atoms with Crippen molar-refractivity contribution in [3.8, 4) is 5.75 Å². The van der Waals surface area contributed by atoms with Gasteiger partial charge < -0.3 is 15.0 Å². The first-order chi connectivity index (χ1) is 17.1. The molecule has 0 radical (unpaired) electrons. The van der Waals surface area contributed by atoms with Gasteiger partial charge in [-0.15, -0.1) is 11.3 Å². The summed E-state index contributed by atoms with van der Waals surface area (Å²) in [5.41, 5.74) is 2.08. The van der Waals surface area contributed by atoms with Gasteiger partial charge in [0.05, 0.1) is 19.1 Å². The Morgan fingerprint density at radius 3 is 2.77 bits per heavy atom. The molecule has 35 heavy (non-hydrogen) atoms. The minimum Gasteiger partial charge on any atom is -0.497 e. The molecule has 2 aliphatic rings. The predicted octanol–water partition coefficient (Wildman–Crippen LogP) is 5.16. The molecular weight excluding hydrogens is 458 g/mol. The average molecular weight is 490 g/mol. The maximum absolute atomic E-state index is 13.9. The van der Waals surface area contributed by atoms with Crippen molar-refractivity contribution in [2.45, 2.75) is 37.8 Å². The number of hydrogen-bond acceptors (Lipinski definition) is 5. The second-order valence-electron chi connectivity index (χ2n) is 9.13. The number of fused-ring (bicyclic) bond motifs is 1. The van der Waals surface area contributed by atoms with Gasteiger partial charge in [0.25, 0.3) is 5.91 Å². The number of likely N-dealkylation sites (tertiary alicyclic amines) is 1. The van der Waals surface area contributed by atoms with Crippen LogP contribution in [0.1, 0.15) is 52.5 Å². The van der Waals surface area contributed by atoms with Crippen LogP contribution in [0.5, 0.6) is 5.75 Å². The zero-order valence-corrected chi connectivity index (χ0v) is 21.0. The van der Waals surface area contributed by atoms with Crippen LogP contribution in [-0.2, 0) is 4.79 Å². The number of hydrogen-bond donors (Lipinski definition) is 1. The number of benzene rings is 2. The van der Waals surface area contributed by atoms with E-state index in [9.17, 15) is 9.59 Å². The lowest BCUT2D eigenvalue weighted by Crippen LogP contribution is -2.50. The number of likely N-dealkylation sites (N-methyl/N-ethyl adjacent to an activating group) is 1. The van der Waals surface area contributed by atoms with E-state index in [1.807, 2.05) is 70.9 Å². The fourth-order valence-electron chi connectivity index (χ4n) is 5.52. The van der Waals surface area contributed by atoms with Gasteiger partial charge in [0.1, 0.15) is 5.75 Å². The summed E-state index contributed by atoms with van der Waals surface area (Å²) in [6, 6.07) is 18.9. The van der Waals surface area contributed by atoms with Crippen molar-refractivity contribution in [2.75, 3.05) is 32.1 Å². The van der Waals surface area contributed by atoms with Gasteiger partial charge in [-0.3, -0.25) is 14.5 Å². The number of carbonyl (C=O) groups excluding carboxylic acids is 2. The molecule has 1 fully saturated rings. The Bertz CT molecular complexity index is 1200. The summed E-state index contributed by atoms with van der Waals surface area (Å²) in [4.78, 5) is 33.3. The number of anilines is 1. The summed E-state index contributed by atoms with van der Waals surface area (Å²) >= 11 is 1.60. The first kappa shape index (κ1) is 23.6. The Morgan fingerprint density at radius 1 is 1.14 bits per heavy atom. The van der Waals surface area contributed by atoms with Crippen molar-refractivity contribution in [3.05, 3.63) is 82.0 Å². The molecule has 0 bridgehead atoms. The van der Waals surface area contributed by atoms with Gasteiger partial charge in [-0.1, -0.05) is 37.3 Å². The van der Waals surface area contributed by atoms with Crippen molar-refractivity contribution in [3.63, 3.8) is 0 Å².